The highest BCUT2D eigenvalue weighted by atomic mass is 16.6. The topological polar surface area (TPSA) is 123 Å². The van der Waals surface area contributed by atoms with Gasteiger partial charge in [0.2, 0.25) is 5.95 Å². The Morgan fingerprint density at radius 1 is 1.16 bits per heavy atom. The molecule has 1 amide bonds. The van der Waals surface area contributed by atoms with Crippen LogP contribution >= 0.6 is 0 Å². The maximum atomic E-state index is 11.9. The molecule has 3 rings (SSSR count). The average molecular weight is 339 g/mol. The summed E-state index contributed by atoms with van der Waals surface area (Å²) in [6.45, 7) is -0.403. The molecule has 0 atom stereocenters. The highest BCUT2D eigenvalue weighted by molar-refractivity contribution is 5.90. The summed E-state index contributed by atoms with van der Waals surface area (Å²) in [6.07, 6.45) is 0. The average Bonchev–Trinajstić information content (AvgIpc) is 3.09. The number of benzene rings is 2. The Morgan fingerprint density at radius 3 is 2.64 bits per heavy atom. The first-order chi connectivity index (χ1) is 12.1. The van der Waals surface area contributed by atoms with Crippen molar-refractivity contribution in [2.24, 2.45) is 0 Å². The number of nitro groups is 1. The minimum absolute atomic E-state index is 0.0163. The Morgan fingerprint density at radius 2 is 1.88 bits per heavy atom. The van der Waals surface area contributed by atoms with Crippen LogP contribution in [0.4, 0.5) is 11.6 Å². The number of hydrogen-bond donors (Lipinski definition) is 2. The van der Waals surface area contributed by atoms with E-state index >= 15 is 0 Å². The number of para-hydroxylation sites is 2. The summed E-state index contributed by atoms with van der Waals surface area (Å²) in [5, 5.41) is 20.0. The number of H-pyrrole nitrogens is 1. The fourth-order valence-electron chi connectivity index (χ4n) is 2.08. The summed E-state index contributed by atoms with van der Waals surface area (Å²) in [5.41, 5.74) is 0.617. The first-order valence-electron chi connectivity index (χ1n) is 7.27. The Labute approximate surface area is 141 Å². The van der Waals surface area contributed by atoms with Crippen molar-refractivity contribution >= 4 is 17.5 Å². The predicted molar refractivity (Wildman–Crippen MR) is 89.0 cm³/mol. The molecule has 9 heteroatoms. The fraction of sp³-hybridized carbons (Fsp3) is 0.0625. The van der Waals surface area contributed by atoms with Crippen LogP contribution in [-0.2, 0) is 4.79 Å². The van der Waals surface area contributed by atoms with E-state index in [1.54, 1.807) is 6.07 Å². The second-order valence-electron chi connectivity index (χ2n) is 4.94. The highest BCUT2D eigenvalue weighted by Crippen LogP contribution is 2.25. The molecule has 3 aromatic rings. The zero-order chi connectivity index (χ0) is 17.6. The highest BCUT2D eigenvalue weighted by Gasteiger charge is 2.15. The Bertz CT molecular complexity index is 894. The van der Waals surface area contributed by atoms with E-state index in [0.29, 0.717) is 5.82 Å². The van der Waals surface area contributed by atoms with E-state index in [0.717, 1.165) is 5.56 Å². The van der Waals surface area contributed by atoms with Gasteiger partial charge in [0.05, 0.1) is 4.92 Å². The molecule has 0 fully saturated rings. The number of amides is 1. The third-order valence-electron chi connectivity index (χ3n) is 3.20. The number of rotatable bonds is 6. The Kier molecular flexibility index (Phi) is 4.65. The first kappa shape index (κ1) is 16.1. The summed E-state index contributed by atoms with van der Waals surface area (Å²) >= 11 is 0. The number of aromatic amines is 1. The zero-order valence-electron chi connectivity index (χ0n) is 12.9. The number of carbonyl (C=O) groups excluding carboxylic acids is 1. The molecule has 0 aliphatic heterocycles. The molecule has 0 spiro atoms. The van der Waals surface area contributed by atoms with Crippen LogP contribution in [0.5, 0.6) is 5.75 Å². The van der Waals surface area contributed by atoms with Gasteiger partial charge in [-0.15, -0.1) is 5.10 Å². The van der Waals surface area contributed by atoms with Gasteiger partial charge in [-0.25, -0.2) is 0 Å². The number of carbonyl (C=O) groups is 1. The zero-order valence-corrected chi connectivity index (χ0v) is 12.9. The van der Waals surface area contributed by atoms with Crippen LogP contribution in [0.3, 0.4) is 0 Å². The molecule has 0 aliphatic carbocycles. The van der Waals surface area contributed by atoms with Crippen LogP contribution in [0, 0.1) is 10.1 Å². The Balaban J connectivity index is 1.61. The molecule has 0 saturated carbocycles. The van der Waals surface area contributed by atoms with Gasteiger partial charge in [0, 0.05) is 11.6 Å². The van der Waals surface area contributed by atoms with E-state index in [4.69, 9.17) is 4.74 Å². The van der Waals surface area contributed by atoms with Crippen molar-refractivity contribution in [1.29, 1.82) is 0 Å². The van der Waals surface area contributed by atoms with Gasteiger partial charge in [-0.1, -0.05) is 42.5 Å². The van der Waals surface area contributed by atoms with Gasteiger partial charge in [-0.05, 0) is 6.07 Å². The van der Waals surface area contributed by atoms with Crippen molar-refractivity contribution in [3.63, 3.8) is 0 Å². The minimum atomic E-state index is -0.575. The number of ether oxygens (including phenoxy) is 1. The van der Waals surface area contributed by atoms with Gasteiger partial charge in [0.1, 0.15) is 0 Å². The van der Waals surface area contributed by atoms with Crippen LogP contribution < -0.4 is 10.1 Å². The van der Waals surface area contributed by atoms with Gasteiger partial charge in [-0.3, -0.25) is 25.3 Å². The van der Waals surface area contributed by atoms with Crippen LogP contribution in [0.1, 0.15) is 0 Å². The van der Waals surface area contributed by atoms with E-state index in [9.17, 15) is 14.9 Å². The molecule has 0 radical (unpaired) electrons. The largest absolute Gasteiger partial charge is 0.477 e. The lowest BCUT2D eigenvalue weighted by Gasteiger charge is -2.05. The summed E-state index contributed by atoms with van der Waals surface area (Å²) in [7, 11) is 0. The summed E-state index contributed by atoms with van der Waals surface area (Å²) in [6, 6.07) is 15.1. The van der Waals surface area contributed by atoms with E-state index in [1.165, 1.54) is 18.2 Å². The van der Waals surface area contributed by atoms with Crippen molar-refractivity contribution in [2.45, 2.75) is 0 Å². The molecule has 1 aromatic heterocycles. The monoisotopic (exact) mass is 339 g/mol. The number of nitrogens with one attached hydrogen (secondary N) is 2. The molecule has 1 heterocycles. The van der Waals surface area contributed by atoms with Crippen molar-refractivity contribution in [2.75, 3.05) is 11.9 Å². The van der Waals surface area contributed by atoms with E-state index < -0.39 is 17.4 Å². The molecule has 0 unspecified atom stereocenters. The molecular weight excluding hydrogens is 326 g/mol. The van der Waals surface area contributed by atoms with Crippen molar-refractivity contribution in [3.8, 4) is 17.1 Å². The molecular formula is C16H13N5O4. The third kappa shape index (κ3) is 3.96. The molecule has 0 saturated heterocycles. The lowest BCUT2D eigenvalue weighted by atomic mass is 10.2. The maximum Gasteiger partial charge on any atom is 0.310 e. The third-order valence-corrected chi connectivity index (χ3v) is 3.20. The molecule has 126 valence electrons. The number of aromatic nitrogens is 3. The van der Waals surface area contributed by atoms with Crippen LogP contribution in [-0.4, -0.2) is 32.6 Å². The van der Waals surface area contributed by atoms with Gasteiger partial charge in [0.25, 0.3) is 5.91 Å². The standard InChI is InChI=1S/C16H13N5O4/c22-14(10-25-13-9-5-4-8-12(13)21(23)24)17-16-18-15(19-20-16)11-6-2-1-3-7-11/h1-9H,10H2,(H2,17,18,19,20,22). The molecule has 25 heavy (non-hydrogen) atoms. The molecule has 9 nitrogen and oxygen atoms in total. The van der Waals surface area contributed by atoms with Crippen molar-refractivity contribution < 1.29 is 14.5 Å². The summed E-state index contributed by atoms with van der Waals surface area (Å²) in [5.74, 6) is 0.0879. The minimum Gasteiger partial charge on any atom is -0.477 e. The number of anilines is 1. The number of nitrogens with zero attached hydrogens (tertiary/aromatic N) is 3. The lowest BCUT2D eigenvalue weighted by Crippen LogP contribution is -2.21. The molecule has 2 N–H and O–H groups in total. The van der Waals surface area contributed by atoms with Crippen molar-refractivity contribution in [3.05, 3.63) is 64.7 Å². The SMILES string of the molecule is O=C(COc1ccccc1[N+](=O)[O-])Nc1n[nH]c(-c2ccccc2)n1. The molecule has 0 bridgehead atoms. The van der Waals surface area contributed by atoms with Gasteiger partial charge in [-0.2, -0.15) is 4.98 Å². The summed E-state index contributed by atoms with van der Waals surface area (Å²) < 4.78 is 5.20. The lowest BCUT2D eigenvalue weighted by molar-refractivity contribution is -0.385. The fourth-order valence-corrected chi connectivity index (χ4v) is 2.08. The molecule has 2 aromatic carbocycles. The normalized spacial score (nSPS) is 10.2. The van der Waals surface area contributed by atoms with E-state index in [2.05, 4.69) is 20.5 Å². The van der Waals surface area contributed by atoms with Crippen molar-refractivity contribution in [1.82, 2.24) is 15.2 Å². The Hall–Kier alpha value is -3.75. The molecule has 0 aliphatic rings. The first-order valence-corrected chi connectivity index (χ1v) is 7.27. The predicted octanol–water partition coefficient (Wildman–Crippen LogP) is 2.40. The second kappa shape index (κ2) is 7.21. The number of nitro benzene ring substituents is 1. The van der Waals surface area contributed by atoms with Gasteiger partial charge < -0.3 is 4.74 Å². The van der Waals surface area contributed by atoms with Gasteiger partial charge >= 0.3 is 5.69 Å². The maximum absolute atomic E-state index is 11.9. The quantitative estimate of drug-likeness (QED) is 0.525. The van der Waals surface area contributed by atoms with Gasteiger partial charge in [0.15, 0.2) is 18.2 Å². The smallest absolute Gasteiger partial charge is 0.310 e. The van der Waals surface area contributed by atoms with E-state index in [-0.39, 0.29) is 17.4 Å². The second-order valence-corrected chi connectivity index (χ2v) is 4.94. The van der Waals surface area contributed by atoms with E-state index in [1.807, 2.05) is 30.3 Å². The summed E-state index contributed by atoms with van der Waals surface area (Å²) in [4.78, 5) is 26.4. The van der Waals surface area contributed by atoms with Crippen LogP contribution in [0.25, 0.3) is 11.4 Å². The van der Waals surface area contributed by atoms with Crippen LogP contribution in [0.2, 0.25) is 0 Å². The number of hydrogen-bond acceptors (Lipinski definition) is 6. The van der Waals surface area contributed by atoms with Crippen LogP contribution in [0.15, 0.2) is 54.6 Å².